The molecule has 5 nitrogen and oxygen atoms in total. The maximum atomic E-state index is 6.79. The average molecular weight is 806 g/mol. The van der Waals surface area contributed by atoms with Crippen molar-refractivity contribution in [3.05, 3.63) is 84.9 Å². The Morgan fingerprint density at radius 2 is 0.766 bits per heavy atom. The van der Waals surface area contributed by atoms with Gasteiger partial charge in [0.25, 0.3) is 0 Å². The van der Waals surface area contributed by atoms with Crippen molar-refractivity contribution in [2.75, 3.05) is 0 Å². The van der Waals surface area contributed by atoms with E-state index in [9.17, 15) is 0 Å². The van der Waals surface area contributed by atoms with E-state index < -0.39 is 0 Å². The molecule has 0 aliphatic carbocycles. The van der Waals surface area contributed by atoms with Crippen molar-refractivity contribution in [3.8, 4) is 51.0 Å². The molecular formula is C45H42B14N4O. The SMILES string of the molecule is Bc1c(B)c(B)c(-c2nc(-c3ccc4c(c3)oc3cccc(-n5c6ccccc6c6ccccc65)c34)nc(-c3c(B)c(B)c(B)c(-c4c(B)c(B)c(B)c(B)c4B)c3B)n2)c(B)c1B. The van der Waals surface area contributed by atoms with Crippen LogP contribution in [0.2, 0.25) is 0 Å². The highest BCUT2D eigenvalue weighted by Gasteiger charge is 2.26. The lowest BCUT2D eigenvalue weighted by molar-refractivity contribution is 0.669. The molecule has 0 bridgehead atoms. The Bertz CT molecular complexity index is 3590. The van der Waals surface area contributed by atoms with Crippen molar-refractivity contribution in [1.82, 2.24) is 19.5 Å². The molecule has 0 aliphatic rings. The highest BCUT2D eigenvalue weighted by Crippen LogP contribution is 2.39. The fourth-order valence-corrected chi connectivity index (χ4v) is 10.8. The van der Waals surface area contributed by atoms with Gasteiger partial charge in [0.1, 0.15) is 121 Å². The van der Waals surface area contributed by atoms with Crippen LogP contribution in [0.15, 0.2) is 89.3 Å². The summed E-state index contributed by atoms with van der Waals surface area (Å²) < 4.78 is 9.16. The maximum absolute atomic E-state index is 6.79. The summed E-state index contributed by atoms with van der Waals surface area (Å²) in [5.41, 5.74) is 28.5. The Kier molecular flexibility index (Phi) is 10.1. The Hall–Kier alpha value is -5.94. The molecule has 0 saturated heterocycles. The van der Waals surface area contributed by atoms with Crippen LogP contribution in [0.1, 0.15) is 0 Å². The van der Waals surface area contributed by atoms with Crippen LogP contribution in [0, 0.1) is 0 Å². The van der Waals surface area contributed by atoms with Gasteiger partial charge in [0.15, 0.2) is 17.5 Å². The highest BCUT2D eigenvalue weighted by molar-refractivity contribution is 6.71. The van der Waals surface area contributed by atoms with Crippen molar-refractivity contribution < 1.29 is 4.42 Å². The van der Waals surface area contributed by atoms with E-state index in [0.717, 1.165) is 55.3 Å². The number of hydrogen-bond donors (Lipinski definition) is 0. The van der Waals surface area contributed by atoms with Gasteiger partial charge in [0, 0.05) is 32.8 Å². The van der Waals surface area contributed by atoms with Gasteiger partial charge in [-0.2, -0.15) is 0 Å². The van der Waals surface area contributed by atoms with Crippen molar-refractivity contribution in [2.45, 2.75) is 0 Å². The quantitative estimate of drug-likeness (QED) is 0.163. The Morgan fingerprint density at radius 3 is 1.30 bits per heavy atom. The first-order valence-electron chi connectivity index (χ1n) is 22.6. The molecule has 0 amide bonds. The molecule has 10 aromatic rings. The molecule has 0 radical (unpaired) electrons. The Labute approximate surface area is 387 Å². The molecule has 3 aromatic heterocycles. The van der Waals surface area contributed by atoms with Gasteiger partial charge in [-0.1, -0.05) is 86.8 Å². The second-order valence-electron chi connectivity index (χ2n) is 18.4. The van der Waals surface area contributed by atoms with Gasteiger partial charge in [-0.3, -0.25) is 0 Å². The summed E-state index contributed by atoms with van der Waals surface area (Å²) in [4.78, 5) is 16.3. The van der Waals surface area contributed by atoms with E-state index in [1.165, 1.54) is 98.4 Å². The number of furan rings is 1. The van der Waals surface area contributed by atoms with Crippen molar-refractivity contribution in [3.63, 3.8) is 0 Å². The van der Waals surface area contributed by atoms with Crippen LogP contribution in [0.3, 0.4) is 0 Å². The largest absolute Gasteiger partial charge is 0.456 e. The van der Waals surface area contributed by atoms with Gasteiger partial charge < -0.3 is 8.98 Å². The van der Waals surface area contributed by atoms with Crippen LogP contribution in [0.5, 0.6) is 0 Å². The predicted octanol–water partition coefficient (Wildman–Crippen LogP) is -12.8. The van der Waals surface area contributed by atoms with E-state index in [2.05, 4.69) is 199 Å². The van der Waals surface area contributed by atoms with Gasteiger partial charge in [0.05, 0.1) is 22.1 Å². The molecule has 0 saturated carbocycles. The summed E-state index contributed by atoms with van der Waals surface area (Å²) in [5, 5.41) is 4.58. The van der Waals surface area contributed by atoms with Gasteiger partial charge >= 0.3 is 0 Å². The Balaban J connectivity index is 1.24. The summed E-state index contributed by atoms with van der Waals surface area (Å²) in [6.45, 7) is 0. The first-order chi connectivity index (χ1) is 30.6. The lowest BCUT2D eigenvalue weighted by atomic mass is 9.56. The maximum Gasteiger partial charge on any atom is 0.164 e. The molecule has 0 fully saturated rings. The van der Waals surface area contributed by atoms with Gasteiger partial charge in [-0.25, -0.2) is 15.0 Å². The standard InChI is InChI=1S/C45H42B14N4O/c46-29-25(26-31(48)37(54)41(58)38(55)32(26)49)30(47)36(53)33(50)27(29)44-60-43(61-45(62-44)28-34(51)39(56)42(59)40(57)35(28)52)15-12-13-18-23(14-15)64-22-11-5-10-21(24(18)22)63-19-8-3-1-6-16(19)17-7-2-4-9-20(17)63/h1-14H,46-59H2. The molecule has 290 valence electrons. The zero-order valence-corrected chi connectivity index (χ0v) is 39.8. The molecule has 0 spiro atoms. The van der Waals surface area contributed by atoms with Crippen molar-refractivity contribution in [2.24, 2.45) is 0 Å². The molecule has 19 heteroatoms. The second kappa shape index (κ2) is 15.4. The molecule has 7 aromatic carbocycles. The van der Waals surface area contributed by atoms with Crippen LogP contribution >= 0.6 is 0 Å². The van der Waals surface area contributed by atoms with Gasteiger partial charge in [-0.15, -0.1) is 38.2 Å². The van der Waals surface area contributed by atoms with E-state index in [1.54, 1.807) is 0 Å². The summed E-state index contributed by atoms with van der Waals surface area (Å²) in [5.74, 6) is 1.99. The highest BCUT2D eigenvalue weighted by atomic mass is 16.3. The topological polar surface area (TPSA) is 56.7 Å². The van der Waals surface area contributed by atoms with E-state index in [0.29, 0.717) is 17.5 Å². The minimum absolute atomic E-state index is 0.618. The number of hydrogen-bond acceptors (Lipinski definition) is 4. The normalized spacial score (nSPS) is 11.7. The number of para-hydroxylation sites is 2. The molecule has 0 atom stereocenters. The lowest BCUT2D eigenvalue weighted by Gasteiger charge is -2.27. The first-order valence-corrected chi connectivity index (χ1v) is 22.6. The van der Waals surface area contributed by atoms with Gasteiger partial charge in [-0.05, 0) is 47.5 Å². The van der Waals surface area contributed by atoms with Crippen molar-refractivity contribution >= 4 is 230 Å². The summed E-state index contributed by atoms with van der Waals surface area (Å²) in [7, 11) is 31.4. The molecule has 0 N–H and O–H groups in total. The second-order valence-corrected chi connectivity index (χ2v) is 18.4. The summed E-state index contributed by atoms with van der Waals surface area (Å²) in [6, 6.07) is 30.1. The monoisotopic (exact) mass is 808 g/mol. The smallest absolute Gasteiger partial charge is 0.164 e. The van der Waals surface area contributed by atoms with Crippen LogP contribution in [-0.4, -0.2) is 129 Å². The third kappa shape index (κ3) is 6.09. The van der Waals surface area contributed by atoms with Crippen LogP contribution < -0.4 is 76.5 Å². The fraction of sp³-hybridized carbons (Fsp3) is 0. The van der Waals surface area contributed by atoms with Crippen LogP contribution in [-0.2, 0) is 0 Å². The molecule has 64 heavy (non-hydrogen) atoms. The van der Waals surface area contributed by atoms with Crippen molar-refractivity contribution in [1.29, 1.82) is 0 Å². The number of fused-ring (bicyclic) bond motifs is 6. The summed E-state index contributed by atoms with van der Waals surface area (Å²) >= 11 is 0. The zero-order valence-electron chi connectivity index (χ0n) is 39.8. The number of nitrogens with zero attached hydrogens (tertiary/aromatic N) is 4. The third-order valence-electron chi connectivity index (χ3n) is 15.5. The van der Waals surface area contributed by atoms with Gasteiger partial charge in [0.2, 0.25) is 0 Å². The minimum Gasteiger partial charge on any atom is -0.456 e. The van der Waals surface area contributed by atoms with Crippen LogP contribution in [0.25, 0.3) is 94.7 Å². The number of rotatable bonds is 5. The van der Waals surface area contributed by atoms with E-state index in [1.807, 2.05) is 0 Å². The van der Waals surface area contributed by atoms with E-state index in [-0.39, 0.29) is 0 Å². The summed E-state index contributed by atoms with van der Waals surface area (Å²) in [6.07, 6.45) is 0. The van der Waals surface area contributed by atoms with E-state index >= 15 is 0 Å². The molecule has 0 aliphatic heterocycles. The first kappa shape index (κ1) is 42.0. The van der Waals surface area contributed by atoms with E-state index in [4.69, 9.17) is 19.4 Å². The minimum atomic E-state index is 0.618. The Morgan fingerprint density at radius 1 is 0.344 bits per heavy atom. The molecule has 10 rings (SSSR count). The molecule has 3 heterocycles. The molecular weight excluding hydrogens is 764 g/mol. The lowest BCUT2D eigenvalue weighted by Crippen LogP contribution is -2.57. The third-order valence-corrected chi connectivity index (χ3v) is 15.5. The predicted molar refractivity (Wildman–Crippen MR) is 318 cm³/mol. The average Bonchev–Trinajstić information content (AvgIpc) is 3.85. The molecule has 0 unspecified atom stereocenters. The zero-order chi connectivity index (χ0) is 45.2. The number of benzene rings is 7. The number of aromatic nitrogens is 4. The van der Waals surface area contributed by atoms with Crippen LogP contribution in [0.4, 0.5) is 0 Å². The fourth-order valence-electron chi connectivity index (χ4n) is 10.8.